The number of rotatable bonds is 7. The minimum absolute atomic E-state index is 0.0556. The van der Waals surface area contributed by atoms with E-state index in [9.17, 15) is 14.4 Å². The smallest absolute Gasteiger partial charge is 0.271 e. The molecule has 1 saturated heterocycles. The molecule has 1 fully saturated rings. The van der Waals surface area contributed by atoms with Crippen molar-refractivity contribution in [2.75, 3.05) is 33.3 Å². The number of aromatic amines is 1. The minimum Gasteiger partial charge on any atom is -0.496 e. The van der Waals surface area contributed by atoms with Crippen molar-refractivity contribution in [3.05, 3.63) is 71.9 Å². The van der Waals surface area contributed by atoms with Crippen LogP contribution in [0.2, 0.25) is 0 Å². The molecule has 2 aliphatic rings. The van der Waals surface area contributed by atoms with Gasteiger partial charge in [-0.1, -0.05) is 29.5 Å². The SMILES string of the molecule is COc1ccccc1-c1cc(C2=CCCN(C(=O)CCn3ccnn3)C2)c(F)c2[nH]c(C(=O)N3CC(=O)NC[C@H]3C)cc12. The maximum Gasteiger partial charge on any atom is 0.271 e. The number of benzene rings is 2. The van der Waals surface area contributed by atoms with Crippen LogP contribution in [0.1, 0.15) is 35.8 Å². The number of nitrogens with zero attached hydrogens (tertiary/aromatic N) is 5. The van der Waals surface area contributed by atoms with Crippen molar-refractivity contribution in [2.24, 2.45) is 0 Å². The van der Waals surface area contributed by atoms with Crippen LogP contribution in [0, 0.1) is 5.82 Å². The number of hydrogen-bond acceptors (Lipinski definition) is 6. The van der Waals surface area contributed by atoms with Crippen LogP contribution in [0.4, 0.5) is 4.39 Å². The zero-order valence-corrected chi connectivity index (χ0v) is 24.0. The summed E-state index contributed by atoms with van der Waals surface area (Å²) in [6.07, 6.45) is 6.05. The molecule has 2 aliphatic heterocycles. The van der Waals surface area contributed by atoms with Crippen molar-refractivity contribution in [1.82, 2.24) is 35.1 Å². The van der Waals surface area contributed by atoms with Gasteiger partial charge in [-0.3, -0.25) is 19.1 Å². The van der Waals surface area contributed by atoms with E-state index in [1.54, 1.807) is 41.2 Å². The molecule has 6 rings (SSSR count). The van der Waals surface area contributed by atoms with Crippen LogP contribution in [-0.4, -0.2) is 86.8 Å². The van der Waals surface area contributed by atoms with Gasteiger partial charge in [0.2, 0.25) is 11.8 Å². The van der Waals surface area contributed by atoms with Crippen LogP contribution < -0.4 is 10.1 Å². The first-order valence-corrected chi connectivity index (χ1v) is 14.2. The molecule has 11 nitrogen and oxygen atoms in total. The van der Waals surface area contributed by atoms with Gasteiger partial charge in [-0.25, -0.2) is 4.39 Å². The van der Waals surface area contributed by atoms with Gasteiger partial charge in [0.05, 0.1) is 25.4 Å². The standard InChI is InChI=1S/C31H32FN7O4/c1-19-16-33-27(40)18-39(19)31(42)25-15-24-23(21-7-3-4-8-26(21)43-2)14-22(29(32)30(24)35-25)20-6-5-11-37(17-20)28(41)9-12-38-13-10-34-36-38/h3-4,6-8,10,13-15,19,35H,5,9,11-12,16-18H2,1-2H3,(H,33,40)/t19-/m1/s1. The predicted molar refractivity (Wildman–Crippen MR) is 158 cm³/mol. The highest BCUT2D eigenvalue weighted by Crippen LogP contribution is 2.40. The molecule has 4 heterocycles. The summed E-state index contributed by atoms with van der Waals surface area (Å²) in [5, 5.41) is 11.0. The highest BCUT2D eigenvalue weighted by molar-refractivity contribution is 6.06. The lowest BCUT2D eigenvalue weighted by Gasteiger charge is -2.32. The van der Waals surface area contributed by atoms with E-state index >= 15 is 4.39 Å². The molecule has 43 heavy (non-hydrogen) atoms. The second kappa shape index (κ2) is 11.7. The third-order valence-electron chi connectivity index (χ3n) is 8.06. The minimum atomic E-state index is -0.514. The number of carbonyl (C=O) groups is 3. The number of halogens is 1. The summed E-state index contributed by atoms with van der Waals surface area (Å²) in [5.41, 5.74) is 2.79. The molecule has 1 atom stereocenters. The fourth-order valence-electron chi connectivity index (χ4n) is 5.74. The molecule has 0 spiro atoms. The Morgan fingerprint density at radius 1 is 1.14 bits per heavy atom. The van der Waals surface area contributed by atoms with Gasteiger partial charge in [0, 0.05) is 54.8 Å². The molecule has 0 bridgehead atoms. The first kappa shape index (κ1) is 28.1. The van der Waals surface area contributed by atoms with E-state index in [0.29, 0.717) is 53.9 Å². The molecule has 12 heteroatoms. The molecule has 2 aromatic carbocycles. The van der Waals surface area contributed by atoms with Crippen LogP contribution >= 0.6 is 0 Å². The van der Waals surface area contributed by atoms with E-state index in [0.717, 1.165) is 5.56 Å². The van der Waals surface area contributed by atoms with Crippen molar-refractivity contribution < 1.29 is 23.5 Å². The van der Waals surface area contributed by atoms with Crippen LogP contribution in [0.3, 0.4) is 0 Å². The first-order chi connectivity index (χ1) is 20.8. The van der Waals surface area contributed by atoms with Crippen molar-refractivity contribution in [1.29, 1.82) is 0 Å². The average Bonchev–Trinajstić information content (AvgIpc) is 3.72. The molecule has 0 aliphatic carbocycles. The number of methoxy groups -OCH3 is 1. The molecule has 2 N–H and O–H groups in total. The molecule has 4 aromatic rings. The van der Waals surface area contributed by atoms with E-state index < -0.39 is 5.82 Å². The van der Waals surface area contributed by atoms with Gasteiger partial charge < -0.3 is 24.8 Å². The summed E-state index contributed by atoms with van der Waals surface area (Å²) in [6.45, 7) is 3.31. The number of amides is 3. The Labute approximate surface area is 247 Å². The monoisotopic (exact) mass is 585 g/mol. The molecule has 222 valence electrons. The van der Waals surface area contributed by atoms with Crippen LogP contribution in [0.5, 0.6) is 5.75 Å². The van der Waals surface area contributed by atoms with E-state index in [-0.39, 0.29) is 54.5 Å². The quantitative estimate of drug-likeness (QED) is 0.343. The highest BCUT2D eigenvalue weighted by atomic mass is 19.1. The van der Waals surface area contributed by atoms with Gasteiger partial charge in [-0.15, -0.1) is 5.10 Å². The number of aryl methyl sites for hydroxylation is 1. The van der Waals surface area contributed by atoms with Crippen molar-refractivity contribution in [2.45, 2.75) is 32.4 Å². The number of H-pyrrole nitrogens is 1. The Morgan fingerprint density at radius 2 is 1.98 bits per heavy atom. The predicted octanol–water partition coefficient (Wildman–Crippen LogP) is 3.24. The Bertz CT molecular complexity index is 1730. The number of fused-ring (bicyclic) bond motifs is 1. The van der Waals surface area contributed by atoms with E-state index in [4.69, 9.17) is 4.74 Å². The Kier molecular flexibility index (Phi) is 7.66. The lowest BCUT2D eigenvalue weighted by Crippen LogP contribution is -2.55. The zero-order valence-electron chi connectivity index (χ0n) is 24.0. The van der Waals surface area contributed by atoms with E-state index in [2.05, 4.69) is 20.6 Å². The second-order valence-corrected chi connectivity index (χ2v) is 10.8. The first-order valence-electron chi connectivity index (χ1n) is 14.2. The molecular formula is C31H32FN7O4. The molecule has 2 aromatic heterocycles. The number of aromatic nitrogens is 4. The van der Waals surface area contributed by atoms with Gasteiger partial charge in [-0.05, 0) is 42.7 Å². The Balaban J connectivity index is 1.39. The van der Waals surface area contributed by atoms with Gasteiger partial charge >= 0.3 is 0 Å². The summed E-state index contributed by atoms with van der Waals surface area (Å²) in [4.78, 5) is 44.9. The van der Waals surface area contributed by atoms with Gasteiger partial charge in [0.25, 0.3) is 5.91 Å². The fourth-order valence-corrected chi connectivity index (χ4v) is 5.74. The number of nitrogens with one attached hydrogen (secondary N) is 2. The maximum absolute atomic E-state index is 16.4. The molecule has 0 saturated carbocycles. The number of para-hydroxylation sites is 1. The van der Waals surface area contributed by atoms with Gasteiger partial charge in [-0.2, -0.15) is 0 Å². The third-order valence-corrected chi connectivity index (χ3v) is 8.06. The largest absolute Gasteiger partial charge is 0.496 e. The van der Waals surface area contributed by atoms with Crippen molar-refractivity contribution >= 4 is 34.2 Å². The summed E-state index contributed by atoms with van der Waals surface area (Å²) in [5.74, 6) is -0.596. The molecule has 3 amide bonds. The Hall–Kier alpha value is -5.00. The maximum atomic E-state index is 16.4. The highest BCUT2D eigenvalue weighted by Gasteiger charge is 2.31. The third kappa shape index (κ3) is 5.47. The molecule has 0 unspecified atom stereocenters. The topological polar surface area (TPSA) is 125 Å². The van der Waals surface area contributed by atoms with Crippen LogP contribution in [0.25, 0.3) is 27.6 Å². The lowest BCUT2D eigenvalue weighted by molar-refractivity contribution is -0.131. The van der Waals surface area contributed by atoms with E-state index in [1.165, 1.54) is 4.90 Å². The van der Waals surface area contributed by atoms with Crippen LogP contribution in [-0.2, 0) is 16.1 Å². The fraction of sp³-hybridized carbons (Fsp3) is 0.323. The zero-order chi connectivity index (χ0) is 30.1. The average molecular weight is 586 g/mol. The summed E-state index contributed by atoms with van der Waals surface area (Å²) in [7, 11) is 1.57. The molecular weight excluding hydrogens is 553 g/mol. The van der Waals surface area contributed by atoms with E-state index in [1.807, 2.05) is 37.3 Å². The summed E-state index contributed by atoms with van der Waals surface area (Å²) in [6, 6.07) is 10.6. The summed E-state index contributed by atoms with van der Waals surface area (Å²) < 4.78 is 23.7. The summed E-state index contributed by atoms with van der Waals surface area (Å²) >= 11 is 0. The lowest BCUT2D eigenvalue weighted by atomic mass is 9.93. The second-order valence-electron chi connectivity index (χ2n) is 10.8. The van der Waals surface area contributed by atoms with Crippen molar-refractivity contribution in [3.63, 3.8) is 0 Å². The van der Waals surface area contributed by atoms with Crippen molar-refractivity contribution in [3.8, 4) is 16.9 Å². The van der Waals surface area contributed by atoms with Gasteiger partial charge in [0.1, 0.15) is 18.0 Å². The number of ether oxygens (including phenoxy) is 1. The number of hydrogen-bond donors (Lipinski definition) is 2. The van der Waals surface area contributed by atoms with Crippen LogP contribution in [0.15, 0.2) is 54.9 Å². The number of carbonyl (C=O) groups excluding carboxylic acids is 3. The van der Waals surface area contributed by atoms with Gasteiger partial charge in [0.15, 0.2) is 5.82 Å². The Morgan fingerprint density at radius 3 is 2.77 bits per heavy atom. The molecule has 0 radical (unpaired) electrons. The normalized spacial score (nSPS) is 17.1. The number of piperazine rings is 1.